The second-order valence-corrected chi connectivity index (χ2v) is 5.98. The van der Waals surface area contributed by atoms with E-state index in [1.165, 1.54) is 5.56 Å². The molecule has 2 N–H and O–H groups in total. The molecule has 0 saturated carbocycles. The van der Waals surface area contributed by atoms with Crippen molar-refractivity contribution in [3.8, 4) is 0 Å². The van der Waals surface area contributed by atoms with E-state index in [-0.39, 0.29) is 18.1 Å². The van der Waals surface area contributed by atoms with Gasteiger partial charge in [0, 0.05) is 19.6 Å². The highest BCUT2D eigenvalue weighted by molar-refractivity contribution is 5.82. The van der Waals surface area contributed by atoms with Crippen LogP contribution in [0, 0.1) is 5.92 Å². The molecule has 0 aliphatic carbocycles. The number of carbonyl (C=O) groups is 1. The maximum absolute atomic E-state index is 12.3. The van der Waals surface area contributed by atoms with Gasteiger partial charge in [-0.1, -0.05) is 30.3 Å². The smallest absolute Gasteiger partial charge is 0.239 e. The van der Waals surface area contributed by atoms with Gasteiger partial charge in [-0.3, -0.25) is 4.79 Å². The third-order valence-corrected chi connectivity index (χ3v) is 4.37. The van der Waals surface area contributed by atoms with E-state index in [9.17, 15) is 9.90 Å². The standard InChI is InChI=1S/C16H22N2O2/c19-14-9-15(17-10-14)16(20)18-7-6-13(11-18)8-12-4-2-1-3-5-12/h1-5,13-15,17,19H,6-11H2/t13-,14+,15-/m0/s1. The minimum Gasteiger partial charge on any atom is -0.392 e. The molecule has 1 amide bonds. The highest BCUT2D eigenvalue weighted by Gasteiger charge is 2.34. The van der Waals surface area contributed by atoms with Gasteiger partial charge < -0.3 is 15.3 Å². The lowest BCUT2D eigenvalue weighted by Crippen LogP contribution is -2.42. The van der Waals surface area contributed by atoms with Gasteiger partial charge in [0.15, 0.2) is 0 Å². The highest BCUT2D eigenvalue weighted by Crippen LogP contribution is 2.22. The Bertz CT molecular complexity index is 463. The molecule has 0 spiro atoms. The third-order valence-electron chi connectivity index (χ3n) is 4.37. The first-order chi connectivity index (χ1) is 9.72. The molecule has 2 aliphatic heterocycles. The molecule has 4 nitrogen and oxygen atoms in total. The normalized spacial score (nSPS) is 29.9. The molecule has 2 aliphatic rings. The third kappa shape index (κ3) is 3.02. The summed E-state index contributed by atoms with van der Waals surface area (Å²) in [6.07, 6.45) is 2.31. The van der Waals surface area contributed by atoms with E-state index in [0.29, 0.717) is 18.9 Å². The summed E-state index contributed by atoms with van der Waals surface area (Å²) < 4.78 is 0. The van der Waals surface area contributed by atoms with Crippen LogP contribution < -0.4 is 5.32 Å². The van der Waals surface area contributed by atoms with Crippen molar-refractivity contribution in [1.82, 2.24) is 10.2 Å². The van der Waals surface area contributed by atoms with Gasteiger partial charge in [-0.15, -0.1) is 0 Å². The average molecular weight is 274 g/mol. The van der Waals surface area contributed by atoms with Crippen molar-refractivity contribution in [2.75, 3.05) is 19.6 Å². The molecule has 2 fully saturated rings. The number of hydrogen-bond acceptors (Lipinski definition) is 3. The van der Waals surface area contributed by atoms with Crippen LogP contribution in [-0.4, -0.2) is 47.7 Å². The van der Waals surface area contributed by atoms with Crippen molar-refractivity contribution in [2.45, 2.75) is 31.4 Å². The number of amides is 1. The lowest BCUT2D eigenvalue weighted by molar-refractivity contribution is -0.132. The van der Waals surface area contributed by atoms with Gasteiger partial charge in [-0.25, -0.2) is 0 Å². The first kappa shape index (κ1) is 13.6. The van der Waals surface area contributed by atoms with E-state index >= 15 is 0 Å². The molecular formula is C16H22N2O2. The first-order valence-electron chi connectivity index (χ1n) is 7.46. The molecule has 0 bridgehead atoms. The molecule has 3 rings (SSSR count). The summed E-state index contributed by atoms with van der Waals surface area (Å²) >= 11 is 0. The number of hydrogen-bond donors (Lipinski definition) is 2. The Labute approximate surface area is 119 Å². The Morgan fingerprint density at radius 1 is 1.35 bits per heavy atom. The summed E-state index contributed by atoms with van der Waals surface area (Å²) in [6, 6.07) is 10.3. The number of aliphatic hydroxyl groups is 1. The molecule has 1 aromatic rings. The second kappa shape index (κ2) is 5.94. The fourth-order valence-corrected chi connectivity index (χ4v) is 3.27. The number of carbonyl (C=O) groups excluding carboxylic acids is 1. The van der Waals surface area contributed by atoms with Gasteiger partial charge >= 0.3 is 0 Å². The number of rotatable bonds is 3. The van der Waals surface area contributed by atoms with E-state index in [1.54, 1.807) is 0 Å². The monoisotopic (exact) mass is 274 g/mol. The second-order valence-electron chi connectivity index (χ2n) is 5.98. The molecule has 0 aromatic heterocycles. The van der Waals surface area contributed by atoms with Gasteiger partial charge in [0.25, 0.3) is 0 Å². The maximum atomic E-state index is 12.3. The topological polar surface area (TPSA) is 52.6 Å². The van der Waals surface area contributed by atoms with Crippen LogP contribution in [-0.2, 0) is 11.2 Å². The number of benzene rings is 1. The molecule has 108 valence electrons. The number of aliphatic hydroxyl groups excluding tert-OH is 1. The van der Waals surface area contributed by atoms with Gasteiger partial charge in [-0.05, 0) is 30.7 Å². The van der Waals surface area contributed by atoms with Crippen LogP contribution in [0.25, 0.3) is 0 Å². The van der Waals surface area contributed by atoms with Crippen LogP contribution in [0.5, 0.6) is 0 Å². The molecule has 3 atom stereocenters. The average Bonchev–Trinajstić information content (AvgIpc) is 3.08. The van der Waals surface area contributed by atoms with Crippen molar-refractivity contribution in [3.63, 3.8) is 0 Å². The molecular weight excluding hydrogens is 252 g/mol. The van der Waals surface area contributed by atoms with E-state index in [4.69, 9.17) is 0 Å². The predicted octanol–water partition coefficient (Wildman–Crippen LogP) is 0.800. The molecule has 1 aromatic carbocycles. The minimum atomic E-state index is -0.369. The molecule has 0 unspecified atom stereocenters. The molecule has 0 radical (unpaired) electrons. The number of likely N-dealkylation sites (tertiary alicyclic amines) is 1. The fourth-order valence-electron chi connectivity index (χ4n) is 3.27. The summed E-state index contributed by atoms with van der Waals surface area (Å²) in [5, 5.41) is 12.6. The zero-order chi connectivity index (χ0) is 13.9. The molecule has 4 heteroatoms. The maximum Gasteiger partial charge on any atom is 0.239 e. The summed E-state index contributed by atoms with van der Waals surface area (Å²) in [6.45, 7) is 2.24. The van der Waals surface area contributed by atoms with Gasteiger partial charge in [0.1, 0.15) is 0 Å². The van der Waals surface area contributed by atoms with E-state index in [0.717, 1.165) is 25.9 Å². The van der Waals surface area contributed by atoms with Gasteiger partial charge in [0.05, 0.1) is 12.1 Å². The Hall–Kier alpha value is -1.39. The predicted molar refractivity (Wildman–Crippen MR) is 77.2 cm³/mol. The van der Waals surface area contributed by atoms with Crippen molar-refractivity contribution in [2.24, 2.45) is 5.92 Å². The van der Waals surface area contributed by atoms with Crippen molar-refractivity contribution < 1.29 is 9.90 Å². The van der Waals surface area contributed by atoms with Gasteiger partial charge in [-0.2, -0.15) is 0 Å². The zero-order valence-corrected chi connectivity index (χ0v) is 11.7. The Kier molecular flexibility index (Phi) is 4.03. The summed E-state index contributed by atoms with van der Waals surface area (Å²) in [7, 11) is 0. The van der Waals surface area contributed by atoms with Crippen LogP contribution in [0.2, 0.25) is 0 Å². The van der Waals surface area contributed by atoms with Crippen LogP contribution in [0.4, 0.5) is 0 Å². The number of β-amino-alcohol motifs (C(OH)–C–C–N with tert-alkyl or cyclic N) is 1. The summed E-state index contributed by atoms with van der Waals surface area (Å²) in [5.74, 6) is 0.727. The highest BCUT2D eigenvalue weighted by atomic mass is 16.3. The molecule has 20 heavy (non-hydrogen) atoms. The summed E-state index contributed by atoms with van der Waals surface area (Å²) in [4.78, 5) is 14.3. The van der Waals surface area contributed by atoms with Crippen LogP contribution in [0.15, 0.2) is 30.3 Å². The zero-order valence-electron chi connectivity index (χ0n) is 11.7. The Balaban J connectivity index is 1.53. The van der Waals surface area contributed by atoms with Crippen LogP contribution in [0.1, 0.15) is 18.4 Å². The van der Waals surface area contributed by atoms with Crippen molar-refractivity contribution >= 4 is 5.91 Å². The largest absolute Gasteiger partial charge is 0.392 e. The SMILES string of the molecule is O=C([C@@H]1C[C@@H](O)CN1)N1CC[C@@H](Cc2ccccc2)C1. The summed E-state index contributed by atoms with van der Waals surface area (Å²) in [5.41, 5.74) is 1.35. The minimum absolute atomic E-state index is 0.164. The Morgan fingerprint density at radius 2 is 2.15 bits per heavy atom. The van der Waals surface area contributed by atoms with Crippen molar-refractivity contribution in [1.29, 1.82) is 0 Å². The first-order valence-corrected chi connectivity index (χ1v) is 7.46. The number of nitrogens with one attached hydrogen (secondary N) is 1. The lowest BCUT2D eigenvalue weighted by Gasteiger charge is -2.20. The van der Waals surface area contributed by atoms with Crippen LogP contribution >= 0.6 is 0 Å². The quantitative estimate of drug-likeness (QED) is 0.857. The van der Waals surface area contributed by atoms with Crippen LogP contribution in [0.3, 0.4) is 0 Å². The van der Waals surface area contributed by atoms with E-state index in [2.05, 4.69) is 29.6 Å². The van der Waals surface area contributed by atoms with Crippen molar-refractivity contribution in [3.05, 3.63) is 35.9 Å². The Morgan fingerprint density at radius 3 is 2.85 bits per heavy atom. The van der Waals surface area contributed by atoms with E-state index in [1.807, 2.05) is 11.0 Å². The molecule has 2 saturated heterocycles. The molecule has 2 heterocycles. The fraction of sp³-hybridized carbons (Fsp3) is 0.562. The lowest BCUT2D eigenvalue weighted by atomic mass is 9.99. The number of nitrogens with zero attached hydrogens (tertiary/aromatic N) is 1. The van der Waals surface area contributed by atoms with Gasteiger partial charge in [0.2, 0.25) is 5.91 Å². The van der Waals surface area contributed by atoms with E-state index < -0.39 is 0 Å².